The molecule has 0 spiro atoms. The normalized spacial score (nSPS) is 12.1. The number of hydrogen-bond acceptors (Lipinski definition) is 3. The molecule has 0 radical (unpaired) electrons. The van der Waals surface area contributed by atoms with Crippen molar-refractivity contribution in [2.45, 2.75) is 19.4 Å². The summed E-state index contributed by atoms with van der Waals surface area (Å²) in [6.45, 7) is 2.53. The van der Waals surface area contributed by atoms with E-state index in [1.165, 1.54) is 0 Å². The molecule has 0 aliphatic rings. The highest BCUT2D eigenvalue weighted by molar-refractivity contribution is 5.73. The standard InChI is InChI=1S/C11H15NO3/c1-2-15-9-5-3-8(4-6-9)7-10(12)11(13)14/h3-6,10H,2,7,12H2,1H3,(H,13,14)/t10-/m1/s1/i2-1. The summed E-state index contributed by atoms with van der Waals surface area (Å²) in [5.74, 6) is -0.200. The first-order valence-electron chi connectivity index (χ1n) is 4.83. The van der Waals surface area contributed by atoms with Crippen molar-refractivity contribution < 1.29 is 14.6 Å². The van der Waals surface area contributed by atoms with Gasteiger partial charge >= 0.3 is 5.97 Å². The van der Waals surface area contributed by atoms with Gasteiger partial charge in [0.1, 0.15) is 11.8 Å². The second kappa shape index (κ2) is 5.36. The number of carbonyl (C=O) groups is 1. The van der Waals surface area contributed by atoms with E-state index in [0.29, 0.717) is 13.0 Å². The van der Waals surface area contributed by atoms with E-state index in [9.17, 15) is 4.79 Å². The Morgan fingerprint density at radius 2 is 2.07 bits per heavy atom. The minimum Gasteiger partial charge on any atom is -0.494 e. The molecule has 1 aromatic rings. The Morgan fingerprint density at radius 3 is 2.53 bits per heavy atom. The van der Waals surface area contributed by atoms with Crippen LogP contribution < -0.4 is 10.5 Å². The molecule has 0 fully saturated rings. The fraction of sp³-hybridized carbons (Fsp3) is 0.364. The van der Waals surface area contributed by atoms with Gasteiger partial charge in [-0.2, -0.15) is 0 Å². The number of nitrogens with two attached hydrogens (primary N) is 1. The third kappa shape index (κ3) is 3.59. The van der Waals surface area contributed by atoms with Crippen LogP contribution in [0.3, 0.4) is 0 Å². The van der Waals surface area contributed by atoms with Crippen molar-refractivity contribution in [3.05, 3.63) is 29.8 Å². The first-order valence-corrected chi connectivity index (χ1v) is 4.83. The topological polar surface area (TPSA) is 72.5 Å². The second-order valence-corrected chi connectivity index (χ2v) is 3.23. The lowest BCUT2D eigenvalue weighted by Crippen LogP contribution is -2.32. The monoisotopic (exact) mass is 208 g/mol. The first kappa shape index (κ1) is 11.5. The predicted octanol–water partition coefficient (Wildman–Crippen LogP) is 1.04. The lowest BCUT2D eigenvalue weighted by molar-refractivity contribution is -0.138. The fourth-order valence-electron chi connectivity index (χ4n) is 1.23. The number of hydrogen-bond donors (Lipinski definition) is 2. The van der Waals surface area contributed by atoms with E-state index in [-0.39, 0.29) is 0 Å². The largest absolute Gasteiger partial charge is 0.494 e. The van der Waals surface area contributed by atoms with Gasteiger partial charge in [-0.3, -0.25) is 4.79 Å². The molecule has 0 heterocycles. The molecule has 0 saturated carbocycles. The van der Waals surface area contributed by atoms with E-state index < -0.39 is 12.0 Å². The predicted molar refractivity (Wildman–Crippen MR) is 56.9 cm³/mol. The quantitative estimate of drug-likeness (QED) is 0.758. The van der Waals surface area contributed by atoms with E-state index >= 15 is 0 Å². The highest BCUT2D eigenvalue weighted by Crippen LogP contribution is 2.12. The van der Waals surface area contributed by atoms with Crippen LogP contribution in [0.4, 0.5) is 0 Å². The minimum atomic E-state index is -0.983. The van der Waals surface area contributed by atoms with Gasteiger partial charge < -0.3 is 15.6 Å². The Bertz CT molecular complexity index is 321. The zero-order valence-electron chi connectivity index (χ0n) is 8.64. The van der Waals surface area contributed by atoms with Crippen molar-refractivity contribution in [2.24, 2.45) is 5.73 Å². The molecule has 1 aromatic carbocycles. The summed E-state index contributed by atoms with van der Waals surface area (Å²) in [7, 11) is 0. The van der Waals surface area contributed by atoms with Crippen LogP contribution in [0.2, 0.25) is 0 Å². The van der Waals surface area contributed by atoms with E-state index in [1.807, 2.05) is 31.2 Å². The smallest absolute Gasteiger partial charge is 0.320 e. The Labute approximate surface area is 88.7 Å². The van der Waals surface area contributed by atoms with Gasteiger partial charge in [-0.15, -0.1) is 0 Å². The lowest BCUT2D eigenvalue weighted by atomic mass is 10.1. The summed E-state index contributed by atoms with van der Waals surface area (Å²) < 4.78 is 5.27. The Hall–Kier alpha value is -1.55. The number of aliphatic carboxylic acids is 1. The van der Waals surface area contributed by atoms with Crippen molar-refractivity contribution in [3.8, 4) is 5.75 Å². The van der Waals surface area contributed by atoms with Gasteiger partial charge in [0.25, 0.3) is 0 Å². The third-order valence-electron chi connectivity index (χ3n) is 2.01. The van der Waals surface area contributed by atoms with E-state index in [4.69, 9.17) is 15.6 Å². The summed E-state index contributed by atoms with van der Waals surface area (Å²) >= 11 is 0. The summed E-state index contributed by atoms with van der Waals surface area (Å²) in [5, 5.41) is 8.63. The molecule has 4 nitrogen and oxygen atoms in total. The van der Waals surface area contributed by atoms with E-state index in [0.717, 1.165) is 11.3 Å². The molecule has 0 aliphatic carbocycles. The second-order valence-electron chi connectivity index (χ2n) is 3.23. The van der Waals surface area contributed by atoms with Gasteiger partial charge in [-0.25, -0.2) is 0 Å². The molecular formula is C11H15NO3. The van der Waals surface area contributed by atoms with Gasteiger partial charge in [0.2, 0.25) is 0 Å². The Morgan fingerprint density at radius 1 is 1.47 bits per heavy atom. The van der Waals surface area contributed by atoms with Crippen LogP contribution in [0.15, 0.2) is 24.3 Å². The molecule has 0 aromatic heterocycles. The van der Waals surface area contributed by atoms with Crippen molar-refractivity contribution in [1.82, 2.24) is 0 Å². The molecule has 0 aliphatic heterocycles. The maximum absolute atomic E-state index is 10.5. The summed E-state index contributed by atoms with van der Waals surface area (Å²) in [4.78, 5) is 10.5. The van der Waals surface area contributed by atoms with Gasteiger partial charge in [-0.05, 0) is 31.0 Å². The molecule has 1 rings (SSSR count). The van der Waals surface area contributed by atoms with Gasteiger partial charge in [-0.1, -0.05) is 12.1 Å². The lowest BCUT2D eigenvalue weighted by Gasteiger charge is -2.07. The highest BCUT2D eigenvalue weighted by Gasteiger charge is 2.11. The SMILES string of the molecule is C[11CH2]Oc1ccc(C[C@@H](N)C(=O)O)cc1. The van der Waals surface area contributed by atoms with Crippen LogP contribution in [-0.2, 0) is 11.2 Å². The molecule has 15 heavy (non-hydrogen) atoms. The maximum atomic E-state index is 10.5. The molecule has 0 unspecified atom stereocenters. The molecule has 82 valence electrons. The van der Waals surface area contributed by atoms with Crippen LogP contribution in [0, 0.1) is 0 Å². The molecule has 0 amide bonds. The Kier molecular flexibility index (Phi) is 4.12. The summed E-state index contributed by atoms with van der Waals surface area (Å²) in [5.41, 5.74) is 6.31. The zero-order valence-corrected chi connectivity index (χ0v) is 8.64. The number of ether oxygens (including phenoxy) is 1. The van der Waals surface area contributed by atoms with Crippen LogP contribution in [0.25, 0.3) is 0 Å². The highest BCUT2D eigenvalue weighted by atomic mass is 16.4. The van der Waals surface area contributed by atoms with E-state index in [2.05, 4.69) is 0 Å². The van der Waals surface area contributed by atoms with Crippen molar-refractivity contribution >= 4 is 5.97 Å². The van der Waals surface area contributed by atoms with Crippen molar-refractivity contribution in [1.29, 1.82) is 0 Å². The first-order chi connectivity index (χ1) is 7.13. The molecule has 1 atom stereocenters. The van der Waals surface area contributed by atoms with Gasteiger partial charge in [0, 0.05) is 0 Å². The molecule has 0 saturated heterocycles. The number of carboxylic acid groups (broad SMARTS) is 1. The maximum Gasteiger partial charge on any atom is 0.320 e. The van der Waals surface area contributed by atoms with Crippen LogP contribution in [-0.4, -0.2) is 23.7 Å². The Balaban J connectivity index is 2.60. The average Bonchev–Trinajstić information content (AvgIpc) is 2.21. The van der Waals surface area contributed by atoms with Crippen LogP contribution in [0.5, 0.6) is 5.75 Å². The minimum absolute atomic E-state index is 0.335. The van der Waals surface area contributed by atoms with Gasteiger partial charge in [0.15, 0.2) is 0 Å². The summed E-state index contributed by atoms with van der Waals surface area (Å²) in [6.07, 6.45) is 0.335. The molecular weight excluding hydrogens is 193 g/mol. The molecule has 4 heteroatoms. The summed E-state index contributed by atoms with van der Waals surface area (Å²) in [6, 6.07) is 6.44. The zero-order chi connectivity index (χ0) is 11.3. The number of rotatable bonds is 5. The number of carboxylic acids is 1. The number of benzene rings is 1. The average molecular weight is 208 g/mol. The fourth-order valence-corrected chi connectivity index (χ4v) is 1.23. The third-order valence-corrected chi connectivity index (χ3v) is 2.01. The molecule has 0 bridgehead atoms. The van der Waals surface area contributed by atoms with Gasteiger partial charge in [0.05, 0.1) is 6.61 Å². The molecule has 3 N–H and O–H groups in total. The van der Waals surface area contributed by atoms with Crippen LogP contribution >= 0.6 is 0 Å². The van der Waals surface area contributed by atoms with E-state index in [1.54, 1.807) is 0 Å². The van der Waals surface area contributed by atoms with Crippen molar-refractivity contribution in [3.63, 3.8) is 0 Å². The van der Waals surface area contributed by atoms with Crippen LogP contribution in [0.1, 0.15) is 12.5 Å². The van der Waals surface area contributed by atoms with Crippen molar-refractivity contribution in [2.75, 3.05) is 6.61 Å².